The van der Waals surface area contributed by atoms with Gasteiger partial charge in [0, 0.05) is 6.04 Å². The van der Waals surface area contributed by atoms with Crippen LogP contribution in [-0.2, 0) is 0 Å². The van der Waals surface area contributed by atoms with Gasteiger partial charge in [-0.05, 0) is 64.5 Å². The van der Waals surface area contributed by atoms with Gasteiger partial charge >= 0.3 is 0 Å². The third-order valence-corrected chi connectivity index (χ3v) is 4.26. The highest BCUT2D eigenvalue weighted by molar-refractivity contribution is 4.80. The maximum atomic E-state index is 2.38. The van der Waals surface area contributed by atoms with E-state index in [-0.39, 0.29) is 0 Å². The first-order valence-corrected chi connectivity index (χ1v) is 6.18. The zero-order valence-electron chi connectivity index (χ0n) is 10.6. The summed E-state index contributed by atoms with van der Waals surface area (Å²) in [5.41, 5.74) is 0. The van der Waals surface area contributed by atoms with Crippen molar-refractivity contribution in [3.8, 4) is 0 Å². The summed E-state index contributed by atoms with van der Waals surface area (Å²) in [6.45, 7) is 7.13. The van der Waals surface area contributed by atoms with E-state index < -0.39 is 0 Å². The zero-order valence-corrected chi connectivity index (χ0v) is 10.6. The van der Waals surface area contributed by atoms with Gasteiger partial charge in [-0.2, -0.15) is 0 Å². The van der Waals surface area contributed by atoms with Crippen LogP contribution < -0.4 is 0 Å². The van der Waals surface area contributed by atoms with E-state index in [0.29, 0.717) is 0 Å². The molecular formula is C13H27N. The molecule has 1 fully saturated rings. The van der Waals surface area contributed by atoms with Crippen LogP contribution in [0.25, 0.3) is 0 Å². The van der Waals surface area contributed by atoms with Crippen LogP contribution in [0.15, 0.2) is 0 Å². The topological polar surface area (TPSA) is 3.24 Å². The Labute approximate surface area is 89.9 Å². The van der Waals surface area contributed by atoms with Gasteiger partial charge in [-0.15, -0.1) is 0 Å². The molecule has 1 atom stereocenters. The molecule has 84 valence electrons. The summed E-state index contributed by atoms with van der Waals surface area (Å²) in [7, 11) is 4.42. The first kappa shape index (κ1) is 12.0. The molecule has 1 rings (SSSR count). The minimum Gasteiger partial charge on any atom is -0.306 e. The van der Waals surface area contributed by atoms with E-state index in [1.807, 2.05) is 0 Å². The van der Waals surface area contributed by atoms with Crippen molar-refractivity contribution in [3.63, 3.8) is 0 Å². The SMILES string of the molecule is CC(C)[C@H]1CC[C@@H]([C@H](C)N(C)C)CC1. The maximum Gasteiger partial charge on any atom is 0.00891 e. The molecule has 0 unspecified atom stereocenters. The van der Waals surface area contributed by atoms with E-state index in [1.165, 1.54) is 25.7 Å². The maximum absolute atomic E-state index is 2.38. The van der Waals surface area contributed by atoms with E-state index in [0.717, 1.165) is 23.8 Å². The molecule has 1 nitrogen and oxygen atoms in total. The van der Waals surface area contributed by atoms with E-state index in [4.69, 9.17) is 0 Å². The van der Waals surface area contributed by atoms with E-state index in [9.17, 15) is 0 Å². The molecule has 0 bridgehead atoms. The average Bonchev–Trinajstić information content (AvgIpc) is 2.16. The lowest BCUT2D eigenvalue weighted by atomic mass is 9.75. The predicted molar refractivity (Wildman–Crippen MR) is 63.4 cm³/mol. The monoisotopic (exact) mass is 197 g/mol. The van der Waals surface area contributed by atoms with Crippen molar-refractivity contribution in [2.75, 3.05) is 14.1 Å². The van der Waals surface area contributed by atoms with Crippen LogP contribution in [0, 0.1) is 17.8 Å². The third-order valence-electron chi connectivity index (χ3n) is 4.26. The molecule has 0 saturated heterocycles. The van der Waals surface area contributed by atoms with Crippen molar-refractivity contribution in [1.29, 1.82) is 0 Å². The quantitative estimate of drug-likeness (QED) is 0.670. The third kappa shape index (κ3) is 2.98. The first-order valence-electron chi connectivity index (χ1n) is 6.18. The van der Waals surface area contributed by atoms with Gasteiger partial charge in [-0.1, -0.05) is 13.8 Å². The van der Waals surface area contributed by atoms with Crippen LogP contribution in [0.4, 0.5) is 0 Å². The van der Waals surface area contributed by atoms with Gasteiger partial charge < -0.3 is 4.90 Å². The Balaban J connectivity index is 2.35. The molecule has 1 heteroatoms. The minimum atomic E-state index is 0.767. The summed E-state index contributed by atoms with van der Waals surface area (Å²) in [4.78, 5) is 2.38. The van der Waals surface area contributed by atoms with Crippen molar-refractivity contribution in [2.24, 2.45) is 17.8 Å². The second-order valence-electron chi connectivity index (χ2n) is 5.62. The number of rotatable bonds is 3. The van der Waals surface area contributed by atoms with E-state index in [2.05, 4.69) is 39.8 Å². The summed E-state index contributed by atoms with van der Waals surface area (Å²) < 4.78 is 0. The Kier molecular flexibility index (Phi) is 4.43. The highest BCUT2D eigenvalue weighted by Crippen LogP contribution is 2.35. The Morgan fingerprint density at radius 3 is 1.64 bits per heavy atom. The lowest BCUT2D eigenvalue weighted by Crippen LogP contribution is -2.35. The van der Waals surface area contributed by atoms with Crippen LogP contribution in [0.3, 0.4) is 0 Å². The molecule has 0 radical (unpaired) electrons. The van der Waals surface area contributed by atoms with Crippen molar-refractivity contribution in [1.82, 2.24) is 4.90 Å². The Hall–Kier alpha value is -0.0400. The Morgan fingerprint density at radius 1 is 0.857 bits per heavy atom. The molecular weight excluding hydrogens is 170 g/mol. The molecule has 0 N–H and O–H groups in total. The second kappa shape index (κ2) is 5.16. The van der Waals surface area contributed by atoms with Crippen molar-refractivity contribution >= 4 is 0 Å². The molecule has 0 aliphatic heterocycles. The predicted octanol–water partition coefficient (Wildman–Crippen LogP) is 3.40. The lowest BCUT2D eigenvalue weighted by molar-refractivity contribution is 0.144. The standard InChI is InChI=1S/C13H27N/c1-10(2)12-6-8-13(9-7-12)11(3)14(4)5/h10-13H,6-9H2,1-5H3/t11-,12-,13+/m0/s1. The van der Waals surface area contributed by atoms with Crippen molar-refractivity contribution in [2.45, 2.75) is 52.5 Å². The van der Waals surface area contributed by atoms with Crippen LogP contribution in [-0.4, -0.2) is 25.0 Å². The van der Waals surface area contributed by atoms with Gasteiger partial charge in [0.2, 0.25) is 0 Å². The van der Waals surface area contributed by atoms with E-state index in [1.54, 1.807) is 0 Å². The smallest absolute Gasteiger partial charge is 0.00891 e. The summed E-state index contributed by atoms with van der Waals surface area (Å²) in [5.74, 6) is 2.84. The van der Waals surface area contributed by atoms with Gasteiger partial charge in [0.05, 0.1) is 0 Å². The fourth-order valence-electron chi connectivity index (χ4n) is 2.72. The molecule has 0 amide bonds. The van der Waals surface area contributed by atoms with Gasteiger partial charge in [-0.3, -0.25) is 0 Å². The van der Waals surface area contributed by atoms with Gasteiger partial charge in [0.25, 0.3) is 0 Å². The largest absolute Gasteiger partial charge is 0.306 e. The number of hydrogen-bond donors (Lipinski definition) is 0. The fourth-order valence-corrected chi connectivity index (χ4v) is 2.72. The molecule has 0 aromatic rings. The summed E-state index contributed by atoms with van der Waals surface area (Å²) >= 11 is 0. The Bertz CT molecular complexity index is 155. The highest BCUT2D eigenvalue weighted by Gasteiger charge is 2.27. The summed E-state index contributed by atoms with van der Waals surface area (Å²) in [6.07, 6.45) is 5.81. The van der Waals surface area contributed by atoms with Crippen molar-refractivity contribution < 1.29 is 0 Å². The fraction of sp³-hybridized carbons (Fsp3) is 1.00. The van der Waals surface area contributed by atoms with Gasteiger partial charge in [0.15, 0.2) is 0 Å². The van der Waals surface area contributed by atoms with Crippen LogP contribution in [0.1, 0.15) is 46.5 Å². The molecule has 0 spiro atoms. The van der Waals surface area contributed by atoms with E-state index >= 15 is 0 Å². The van der Waals surface area contributed by atoms with Gasteiger partial charge in [-0.25, -0.2) is 0 Å². The van der Waals surface area contributed by atoms with Crippen LogP contribution >= 0.6 is 0 Å². The number of nitrogens with zero attached hydrogens (tertiary/aromatic N) is 1. The molecule has 0 heterocycles. The minimum absolute atomic E-state index is 0.767. The molecule has 1 aliphatic rings. The summed E-state index contributed by atoms with van der Waals surface area (Å²) in [5, 5.41) is 0. The Morgan fingerprint density at radius 2 is 1.29 bits per heavy atom. The van der Waals surface area contributed by atoms with Crippen LogP contribution in [0.2, 0.25) is 0 Å². The van der Waals surface area contributed by atoms with Crippen LogP contribution in [0.5, 0.6) is 0 Å². The average molecular weight is 197 g/mol. The highest BCUT2D eigenvalue weighted by atomic mass is 15.1. The summed E-state index contributed by atoms with van der Waals surface area (Å²) in [6, 6.07) is 0.767. The zero-order chi connectivity index (χ0) is 10.7. The second-order valence-corrected chi connectivity index (χ2v) is 5.62. The lowest BCUT2D eigenvalue weighted by Gasteiger charge is -2.36. The number of hydrogen-bond acceptors (Lipinski definition) is 1. The first-order chi connectivity index (χ1) is 6.52. The molecule has 0 aromatic heterocycles. The van der Waals surface area contributed by atoms with Crippen molar-refractivity contribution in [3.05, 3.63) is 0 Å². The van der Waals surface area contributed by atoms with Gasteiger partial charge in [0.1, 0.15) is 0 Å². The molecule has 0 aromatic carbocycles. The normalized spacial score (nSPS) is 31.1. The molecule has 14 heavy (non-hydrogen) atoms. The molecule has 1 aliphatic carbocycles. The molecule has 1 saturated carbocycles.